The smallest absolute Gasteiger partial charge is 0.330 e. The Morgan fingerprint density at radius 1 is 1.05 bits per heavy atom. The molecule has 200 valence electrons. The van der Waals surface area contributed by atoms with Crippen molar-refractivity contribution in [2.24, 2.45) is 0 Å². The number of carbonyl (C=O) groups is 1. The first-order valence-corrected chi connectivity index (χ1v) is 13.0. The van der Waals surface area contributed by atoms with Gasteiger partial charge in [0.05, 0.1) is 44.7 Å². The first-order valence-electron chi connectivity index (χ1n) is 13.0. The minimum absolute atomic E-state index is 0.0203. The van der Waals surface area contributed by atoms with Crippen LogP contribution in [-0.4, -0.2) is 60.9 Å². The van der Waals surface area contributed by atoms with Gasteiger partial charge in [-0.25, -0.2) is 4.79 Å². The fraction of sp³-hybridized carbons (Fsp3) is 0.500. The zero-order chi connectivity index (χ0) is 26.1. The van der Waals surface area contributed by atoms with Gasteiger partial charge < -0.3 is 28.8 Å². The van der Waals surface area contributed by atoms with Crippen LogP contribution in [0.25, 0.3) is 0 Å². The second kappa shape index (κ2) is 13.3. The fourth-order valence-electron chi connectivity index (χ4n) is 4.94. The summed E-state index contributed by atoms with van der Waals surface area (Å²) in [5.74, 6) is -0.495. The van der Waals surface area contributed by atoms with Crippen molar-refractivity contribution < 1.29 is 33.6 Å². The number of hydrogen-bond donors (Lipinski definition) is 1. The second-order valence-corrected chi connectivity index (χ2v) is 9.92. The van der Waals surface area contributed by atoms with Gasteiger partial charge in [-0.2, -0.15) is 0 Å². The summed E-state index contributed by atoms with van der Waals surface area (Å²) in [6.45, 7) is 3.48. The van der Waals surface area contributed by atoms with Crippen molar-refractivity contribution in [2.45, 2.75) is 81.9 Å². The summed E-state index contributed by atoms with van der Waals surface area (Å²) in [6.07, 6.45) is 3.89. The molecular weight excluding hydrogens is 472 g/mol. The Kier molecular flexibility index (Phi) is 9.88. The number of aliphatic hydroxyl groups is 1. The van der Waals surface area contributed by atoms with Crippen LogP contribution in [0.2, 0.25) is 0 Å². The summed E-state index contributed by atoms with van der Waals surface area (Å²) in [7, 11) is 1.32. The molecule has 2 saturated heterocycles. The van der Waals surface area contributed by atoms with Gasteiger partial charge in [0.25, 0.3) is 0 Å². The Hall–Kier alpha value is -2.55. The average molecular weight is 511 g/mol. The highest BCUT2D eigenvalue weighted by Gasteiger charge is 2.50. The Labute approximate surface area is 219 Å². The molecule has 2 aromatic carbocycles. The van der Waals surface area contributed by atoms with Crippen molar-refractivity contribution >= 4 is 5.97 Å². The number of benzene rings is 2. The van der Waals surface area contributed by atoms with Crippen LogP contribution in [0.4, 0.5) is 0 Å². The highest BCUT2D eigenvalue weighted by atomic mass is 16.6. The average Bonchev–Trinajstić information content (AvgIpc) is 2.92. The van der Waals surface area contributed by atoms with Crippen molar-refractivity contribution in [1.82, 2.24) is 0 Å². The third-order valence-electron chi connectivity index (χ3n) is 7.09. The van der Waals surface area contributed by atoms with E-state index in [-0.39, 0.29) is 24.4 Å². The van der Waals surface area contributed by atoms with Gasteiger partial charge in [-0.3, -0.25) is 0 Å². The van der Waals surface area contributed by atoms with E-state index in [0.29, 0.717) is 32.7 Å². The number of aliphatic hydroxyl groups excluding tert-OH is 1. The molecule has 7 heteroatoms. The lowest BCUT2D eigenvalue weighted by Gasteiger charge is -2.50. The molecule has 0 unspecified atom stereocenters. The molecule has 1 N–H and O–H groups in total. The standard InChI is InChI=1S/C30H38O7/c1-30(16-15-28(32)33-2)27(31)19-26-29(37-30)25(35-21-23-12-7-4-8-13-23)18-24(36-26)14-9-17-34-20-22-10-5-3-6-11-22/h3-8,10-13,15-16,24-27,29,31H,9,14,17-21H2,1-2H3/b16-15+/t24-,25+,26-,27+,29+,30-/m1/s1. The van der Waals surface area contributed by atoms with Crippen LogP contribution < -0.4 is 0 Å². The molecule has 2 fully saturated rings. The van der Waals surface area contributed by atoms with E-state index in [1.807, 2.05) is 48.5 Å². The van der Waals surface area contributed by atoms with Crippen molar-refractivity contribution in [1.29, 1.82) is 0 Å². The van der Waals surface area contributed by atoms with Crippen LogP contribution in [0.5, 0.6) is 0 Å². The van der Waals surface area contributed by atoms with Gasteiger partial charge >= 0.3 is 5.97 Å². The molecular formula is C30H38O7. The van der Waals surface area contributed by atoms with Crippen LogP contribution in [0.3, 0.4) is 0 Å². The Morgan fingerprint density at radius 2 is 1.73 bits per heavy atom. The summed E-state index contributed by atoms with van der Waals surface area (Å²) in [5, 5.41) is 10.9. The normalized spacial score (nSPS) is 29.6. The lowest BCUT2D eigenvalue weighted by molar-refractivity contribution is -0.277. The maximum absolute atomic E-state index is 11.7. The van der Waals surface area contributed by atoms with Crippen LogP contribution in [0, 0.1) is 0 Å². The molecule has 7 nitrogen and oxygen atoms in total. The van der Waals surface area contributed by atoms with Gasteiger partial charge in [-0.15, -0.1) is 0 Å². The van der Waals surface area contributed by atoms with E-state index in [1.54, 1.807) is 13.0 Å². The fourth-order valence-corrected chi connectivity index (χ4v) is 4.94. The van der Waals surface area contributed by atoms with Crippen molar-refractivity contribution in [2.75, 3.05) is 13.7 Å². The molecule has 6 atom stereocenters. The van der Waals surface area contributed by atoms with Gasteiger partial charge in [0, 0.05) is 25.5 Å². The summed E-state index contributed by atoms with van der Waals surface area (Å²) in [5.41, 5.74) is 1.19. The van der Waals surface area contributed by atoms with E-state index in [9.17, 15) is 9.90 Å². The van der Waals surface area contributed by atoms with Gasteiger partial charge in [0.2, 0.25) is 0 Å². The topological polar surface area (TPSA) is 83.5 Å². The summed E-state index contributed by atoms with van der Waals surface area (Å²) >= 11 is 0. The SMILES string of the molecule is COC(=O)/C=C/[C@@]1(C)O[C@H]2[C@@H](OCc3ccccc3)C[C@@H](CCCOCc3ccccc3)O[C@@H]2C[C@@H]1O. The maximum Gasteiger partial charge on any atom is 0.330 e. The van der Waals surface area contributed by atoms with E-state index in [0.717, 1.165) is 24.0 Å². The van der Waals surface area contributed by atoms with Crippen LogP contribution >= 0.6 is 0 Å². The lowest BCUT2D eigenvalue weighted by Crippen LogP contribution is -2.61. The van der Waals surface area contributed by atoms with E-state index >= 15 is 0 Å². The Morgan fingerprint density at radius 3 is 2.41 bits per heavy atom. The lowest BCUT2D eigenvalue weighted by atomic mass is 9.83. The number of esters is 1. The van der Waals surface area contributed by atoms with Gasteiger partial charge in [-0.1, -0.05) is 60.7 Å². The molecule has 37 heavy (non-hydrogen) atoms. The van der Waals surface area contributed by atoms with Gasteiger partial charge in [-0.05, 0) is 37.0 Å². The molecule has 2 aliphatic rings. The quantitative estimate of drug-likeness (QED) is 0.273. The minimum atomic E-state index is -1.05. The minimum Gasteiger partial charge on any atom is -0.466 e. The van der Waals surface area contributed by atoms with Crippen LogP contribution in [0.15, 0.2) is 72.8 Å². The first-order chi connectivity index (χ1) is 18.0. The monoisotopic (exact) mass is 510 g/mol. The van der Waals surface area contributed by atoms with E-state index < -0.39 is 17.7 Å². The molecule has 0 radical (unpaired) electrons. The third-order valence-corrected chi connectivity index (χ3v) is 7.09. The Balaban J connectivity index is 1.37. The Bertz CT molecular complexity index is 996. The van der Waals surface area contributed by atoms with Gasteiger partial charge in [0.15, 0.2) is 0 Å². The van der Waals surface area contributed by atoms with E-state index in [4.69, 9.17) is 23.7 Å². The molecule has 0 aromatic heterocycles. The van der Waals surface area contributed by atoms with Gasteiger partial charge in [0.1, 0.15) is 11.7 Å². The zero-order valence-corrected chi connectivity index (χ0v) is 21.7. The number of carbonyl (C=O) groups excluding carboxylic acids is 1. The predicted octanol–water partition coefficient (Wildman–Crippen LogP) is 4.36. The van der Waals surface area contributed by atoms with E-state index in [2.05, 4.69) is 12.1 Å². The molecule has 0 bridgehead atoms. The number of fused-ring (bicyclic) bond motifs is 1. The molecule has 2 heterocycles. The second-order valence-electron chi connectivity index (χ2n) is 9.92. The first kappa shape index (κ1) is 27.5. The summed E-state index contributed by atoms with van der Waals surface area (Å²) in [6, 6.07) is 20.2. The van der Waals surface area contributed by atoms with Crippen LogP contribution in [-0.2, 0) is 41.7 Å². The van der Waals surface area contributed by atoms with E-state index in [1.165, 1.54) is 13.2 Å². The third kappa shape index (κ3) is 7.72. The highest BCUT2D eigenvalue weighted by Crippen LogP contribution is 2.39. The van der Waals surface area contributed by atoms with Crippen molar-refractivity contribution in [3.63, 3.8) is 0 Å². The largest absolute Gasteiger partial charge is 0.466 e. The number of rotatable bonds is 11. The highest BCUT2D eigenvalue weighted by molar-refractivity contribution is 5.82. The predicted molar refractivity (Wildman–Crippen MR) is 139 cm³/mol. The maximum atomic E-state index is 11.7. The number of ether oxygens (including phenoxy) is 5. The zero-order valence-electron chi connectivity index (χ0n) is 21.7. The van der Waals surface area contributed by atoms with Crippen LogP contribution in [0.1, 0.15) is 43.7 Å². The summed E-state index contributed by atoms with van der Waals surface area (Å²) in [4.78, 5) is 11.7. The molecule has 0 saturated carbocycles. The molecule has 0 spiro atoms. The van der Waals surface area contributed by atoms with Crippen molar-refractivity contribution in [3.8, 4) is 0 Å². The number of hydrogen-bond acceptors (Lipinski definition) is 7. The molecule has 2 aliphatic heterocycles. The summed E-state index contributed by atoms with van der Waals surface area (Å²) < 4.78 is 29.8. The molecule has 0 amide bonds. The molecule has 0 aliphatic carbocycles. The van der Waals surface area contributed by atoms with Crippen molar-refractivity contribution in [3.05, 3.63) is 83.9 Å². The number of methoxy groups -OCH3 is 1. The molecule has 4 rings (SSSR count). The molecule has 2 aromatic rings.